The molecule has 0 spiro atoms. The highest BCUT2D eigenvalue weighted by Crippen LogP contribution is 2.21. The Morgan fingerprint density at radius 2 is 1.64 bits per heavy atom. The maximum absolute atomic E-state index is 12.8. The van der Waals surface area contributed by atoms with E-state index < -0.39 is 0 Å². The van der Waals surface area contributed by atoms with Crippen molar-refractivity contribution in [3.05, 3.63) is 35.4 Å². The van der Waals surface area contributed by atoms with E-state index >= 15 is 0 Å². The van der Waals surface area contributed by atoms with Crippen molar-refractivity contribution in [2.24, 2.45) is 5.92 Å². The average Bonchev–Trinajstić information content (AvgIpc) is 2.75. The normalized spacial score (nSPS) is 15.1. The van der Waals surface area contributed by atoms with Crippen molar-refractivity contribution in [2.45, 2.75) is 53.0 Å². The number of hydrogen-bond acceptors (Lipinski definition) is 3. The first-order valence-electron chi connectivity index (χ1n) is 10.9. The fourth-order valence-electron chi connectivity index (χ4n) is 3.79. The first-order valence-corrected chi connectivity index (χ1v) is 10.9. The molecule has 1 fully saturated rings. The number of rotatable bonds is 9. The Bertz CT molecular complexity index is 617. The van der Waals surface area contributed by atoms with Gasteiger partial charge in [-0.15, -0.1) is 0 Å². The summed E-state index contributed by atoms with van der Waals surface area (Å²) in [5.41, 5.74) is 1.98. The molecule has 5 nitrogen and oxygen atoms in total. The molecular formula is C23H37N3O2. The number of hydrogen-bond donors (Lipinski definition) is 0. The number of nitrogens with zero attached hydrogens (tertiary/aromatic N) is 3. The molecule has 28 heavy (non-hydrogen) atoms. The van der Waals surface area contributed by atoms with Crippen LogP contribution in [0.4, 0.5) is 0 Å². The van der Waals surface area contributed by atoms with Gasteiger partial charge in [-0.05, 0) is 50.0 Å². The quantitative estimate of drug-likeness (QED) is 0.650. The standard InChI is InChI=1S/C23H37N3O2/c1-5-8-15-24(4)22(27)21-13-16-26(17-14-21)23(28)20-11-9-19(10-12-20)18-25(6-2)7-3/h9-12,21H,5-8,13-18H2,1-4H3. The van der Waals surface area contributed by atoms with Crippen molar-refractivity contribution in [2.75, 3.05) is 39.8 Å². The second kappa shape index (κ2) is 11.2. The van der Waals surface area contributed by atoms with Crippen LogP contribution in [-0.2, 0) is 11.3 Å². The zero-order valence-corrected chi connectivity index (χ0v) is 18.1. The molecule has 0 radical (unpaired) electrons. The van der Waals surface area contributed by atoms with Gasteiger partial charge in [0.25, 0.3) is 5.91 Å². The van der Waals surface area contributed by atoms with Crippen molar-refractivity contribution < 1.29 is 9.59 Å². The molecule has 1 aromatic rings. The lowest BCUT2D eigenvalue weighted by Gasteiger charge is -2.33. The molecule has 0 bridgehead atoms. The Hall–Kier alpha value is -1.88. The molecule has 1 saturated heterocycles. The van der Waals surface area contributed by atoms with Crippen LogP contribution in [0, 0.1) is 5.92 Å². The van der Waals surface area contributed by atoms with E-state index in [0.717, 1.165) is 57.4 Å². The smallest absolute Gasteiger partial charge is 0.253 e. The first-order chi connectivity index (χ1) is 13.5. The van der Waals surface area contributed by atoms with Crippen molar-refractivity contribution in [3.8, 4) is 0 Å². The van der Waals surface area contributed by atoms with Gasteiger partial charge in [-0.3, -0.25) is 14.5 Å². The molecule has 0 saturated carbocycles. The van der Waals surface area contributed by atoms with Crippen molar-refractivity contribution in [1.82, 2.24) is 14.7 Å². The van der Waals surface area contributed by atoms with Crippen molar-refractivity contribution in [3.63, 3.8) is 0 Å². The second-order valence-corrected chi connectivity index (χ2v) is 7.84. The van der Waals surface area contributed by atoms with E-state index in [9.17, 15) is 9.59 Å². The predicted molar refractivity (Wildman–Crippen MR) is 114 cm³/mol. The average molecular weight is 388 g/mol. The van der Waals surface area contributed by atoms with Crippen LogP contribution >= 0.6 is 0 Å². The lowest BCUT2D eigenvalue weighted by molar-refractivity contribution is -0.135. The molecule has 156 valence electrons. The van der Waals surface area contributed by atoms with Gasteiger partial charge < -0.3 is 9.80 Å². The third kappa shape index (κ3) is 6.06. The van der Waals surface area contributed by atoms with Crippen LogP contribution < -0.4 is 0 Å². The largest absolute Gasteiger partial charge is 0.346 e. The van der Waals surface area contributed by atoms with E-state index in [1.54, 1.807) is 0 Å². The molecule has 1 heterocycles. The highest BCUT2D eigenvalue weighted by Gasteiger charge is 2.29. The fraction of sp³-hybridized carbons (Fsp3) is 0.652. The van der Waals surface area contributed by atoms with Crippen molar-refractivity contribution in [1.29, 1.82) is 0 Å². The van der Waals surface area contributed by atoms with Gasteiger partial charge in [0.05, 0.1) is 0 Å². The van der Waals surface area contributed by atoms with Crippen LogP contribution in [0.2, 0.25) is 0 Å². The molecule has 0 atom stereocenters. The Labute approximate surface area is 170 Å². The Morgan fingerprint density at radius 1 is 1.04 bits per heavy atom. The number of carbonyl (C=O) groups is 2. The fourth-order valence-corrected chi connectivity index (χ4v) is 3.79. The van der Waals surface area contributed by atoms with E-state index in [1.807, 2.05) is 29.0 Å². The van der Waals surface area contributed by atoms with Crippen LogP contribution in [0.3, 0.4) is 0 Å². The number of piperidine rings is 1. The summed E-state index contributed by atoms with van der Waals surface area (Å²) in [6.07, 6.45) is 3.67. The summed E-state index contributed by atoms with van der Waals surface area (Å²) in [6, 6.07) is 8.00. The number of likely N-dealkylation sites (tertiary alicyclic amines) is 1. The van der Waals surface area contributed by atoms with Crippen LogP contribution in [-0.4, -0.2) is 66.3 Å². The molecule has 2 amide bonds. The van der Waals surface area contributed by atoms with Gasteiger partial charge >= 0.3 is 0 Å². The summed E-state index contributed by atoms with van der Waals surface area (Å²) in [7, 11) is 1.90. The summed E-state index contributed by atoms with van der Waals surface area (Å²) in [4.78, 5) is 31.5. The number of unbranched alkanes of at least 4 members (excludes halogenated alkanes) is 1. The van der Waals surface area contributed by atoms with E-state index in [-0.39, 0.29) is 17.7 Å². The zero-order valence-electron chi connectivity index (χ0n) is 18.1. The minimum absolute atomic E-state index is 0.0577. The van der Waals surface area contributed by atoms with Gasteiger partial charge in [0.1, 0.15) is 0 Å². The number of carbonyl (C=O) groups excluding carboxylic acids is 2. The van der Waals surface area contributed by atoms with Crippen LogP contribution in [0.5, 0.6) is 0 Å². The first kappa shape index (κ1) is 22.4. The summed E-state index contributed by atoms with van der Waals surface area (Å²) < 4.78 is 0. The Kier molecular flexibility index (Phi) is 8.97. The zero-order chi connectivity index (χ0) is 20.5. The maximum atomic E-state index is 12.8. The summed E-state index contributed by atoms with van der Waals surface area (Å²) in [5.74, 6) is 0.378. The van der Waals surface area contributed by atoms with Crippen LogP contribution in [0.25, 0.3) is 0 Å². The molecule has 0 unspecified atom stereocenters. The summed E-state index contributed by atoms with van der Waals surface area (Å²) >= 11 is 0. The molecule has 1 aliphatic heterocycles. The molecule has 5 heteroatoms. The lowest BCUT2D eigenvalue weighted by Crippen LogP contribution is -2.43. The predicted octanol–water partition coefficient (Wildman–Crippen LogP) is 3.64. The second-order valence-electron chi connectivity index (χ2n) is 7.84. The molecular weight excluding hydrogens is 350 g/mol. The minimum atomic E-state index is 0.0577. The Morgan fingerprint density at radius 3 is 2.18 bits per heavy atom. The molecule has 1 aromatic carbocycles. The van der Waals surface area contributed by atoms with E-state index in [1.165, 1.54) is 5.56 Å². The lowest BCUT2D eigenvalue weighted by atomic mass is 9.94. The highest BCUT2D eigenvalue weighted by molar-refractivity contribution is 5.94. The minimum Gasteiger partial charge on any atom is -0.346 e. The molecule has 1 aliphatic rings. The van der Waals surface area contributed by atoms with Gasteiger partial charge in [0.2, 0.25) is 5.91 Å². The summed E-state index contributed by atoms with van der Waals surface area (Å²) in [5, 5.41) is 0. The summed E-state index contributed by atoms with van der Waals surface area (Å²) in [6.45, 7) is 11.6. The van der Waals surface area contributed by atoms with Crippen molar-refractivity contribution >= 4 is 11.8 Å². The van der Waals surface area contributed by atoms with Gasteiger partial charge in [-0.1, -0.05) is 39.3 Å². The topological polar surface area (TPSA) is 43.9 Å². The van der Waals surface area contributed by atoms with Gasteiger partial charge in [0.15, 0.2) is 0 Å². The van der Waals surface area contributed by atoms with Crippen LogP contribution in [0.15, 0.2) is 24.3 Å². The third-order valence-corrected chi connectivity index (χ3v) is 5.86. The van der Waals surface area contributed by atoms with E-state index in [0.29, 0.717) is 13.1 Å². The number of benzene rings is 1. The Balaban J connectivity index is 1.87. The highest BCUT2D eigenvalue weighted by atomic mass is 16.2. The van der Waals surface area contributed by atoms with Gasteiger partial charge in [0, 0.05) is 44.7 Å². The number of amides is 2. The third-order valence-electron chi connectivity index (χ3n) is 5.86. The monoisotopic (exact) mass is 387 g/mol. The van der Waals surface area contributed by atoms with Crippen LogP contribution in [0.1, 0.15) is 62.4 Å². The molecule has 0 N–H and O–H groups in total. The maximum Gasteiger partial charge on any atom is 0.253 e. The SMILES string of the molecule is CCCCN(C)C(=O)C1CCN(C(=O)c2ccc(CN(CC)CC)cc2)CC1. The molecule has 0 aromatic heterocycles. The van der Waals surface area contributed by atoms with E-state index in [2.05, 4.69) is 37.8 Å². The van der Waals surface area contributed by atoms with E-state index in [4.69, 9.17) is 0 Å². The van der Waals surface area contributed by atoms with Gasteiger partial charge in [-0.2, -0.15) is 0 Å². The van der Waals surface area contributed by atoms with Gasteiger partial charge in [-0.25, -0.2) is 0 Å². The molecule has 2 rings (SSSR count). The molecule has 0 aliphatic carbocycles.